The van der Waals surface area contributed by atoms with Gasteiger partial charge in [0.25, 0.3) is 5.91 Å². The van der Waals surface area contributed by atoms with Gasteiger partial charge >= 0.3 is 0 Å². The van der Waals surface area contributed by atoms with Crippen LogP contribution in [0.5, 0.6) is 0 Å². The third-order valence-electron chi connectivity index (χ3n) is 5.96. The molecule has 2 aliphatic heterocycles. The number of nitrogens with zero attached hydrogens (tertiary/aromatic N) is 1. The number of rotatable bonds is 5. The summed E-state index contributed by atoms with van der Waals surface area (Å²) in [5, 5.41) is 7.81. The molecule has 5 rings (SSSR count). The molecular weight excluding hydrogens is 348 g/mol. The van der Waals surface area contributed by atoms with E-state index in [0.717, 1.165) is 48.5 Å². The van der Waals surface area contributed by atoms with Crippen LogP contribution in [0.1, 0.15) is 53.0 Å². The zero-order chi connectivity index (χ0) is 19.1. The van der Waals surface area contributed by atoms with Crippen LogP contribution in [0.3, 0.4) is 0 Å². The SMILES string of the molecule is CCNc1ccc2c(c1)C(c1c(CN3CCCC3)[nH]c3ccccc13)NC2=O. The van der Waals surface area contributed by atoms with E-state index < -0.39 is 0 Å². The molecule has 1 unspecified atom stereocenters. The molecule has 3 aromatic rings. The van der Waals surface area contributed by atoms with Crippen molar-refractivity contribution in [1.29, 1.82) is 0 Å². The highest BCUT2D eigenvalue weighted by Gasteiger charge is 2.33. The first kappa shape index (κ1) is 17.3. The molecule has 2 aromatic carbocycles. The van der Waals surface area contributed by atoms with Crippen molar-refractivity contribution in [2.24, 2.45) is 0 Å². The molecule has 3 heterocycles. The maximum Gasteiger partial charge on any atom is 0.252 e. The smallest absolute Gasteiger partial charge is 0.252 e. The molecule has 0 saturated carbocycles. The number of benzene rings is 2. The van der Waals surface area contributed by atoms with Gasteiger partial charge in [0.2, 0.25) is 0 Å². The minimum atomic E-state index is -0.116. The normalized spacial score (nSPS) is 19.2. The number of nitrogens with one attached hydrogen (secondary N) is 3. The molecule has 5 nitrogen and oxygen atoms in total. The first-order chi connectivity index (χ1) is 13.7. The topological polar surface area (TPSA) is 60.2 Å². The van der Waals surface area contributed by atoms with Crippen LogP contribution >= 0.6 is 0 Å². The van der Waals surface area contributed by atoms with Crippen LogP contribution in [0.25, 0.3) is 10.9 Å². The molecule has 1 amide bonds. The van der Waals surface area contributed by atoms with Gasteiger partial charge in [0.1, 0.15) is 0 Å². The third-order valence-corrected chi connectivity index (χ3v) is 5.96. The van der Waals surface area contributed by atoms with Gasteiger partial charge in [-0.3, -0.25) is 9.69 Å². The number of aromatic amines is 1. The average molecular weight is 374 g/mol. The van der Waals surface area contributed by atoms with Crippen LogP contribution < -0.4 is 10.6 Å². The van der Waals surface area contributed by atoms with Crippen molar-refractivity contribution in [3.63, 3.8) is 0 Å². The van der Waals surface area contributed by atoms with Gasteiger partial charge in [-0.15, -0.1) is 0 Å². The first-order valence-corrected chi connectivity index (χ1v) is 10.2. The van der Waals surface area contributed by atoms with Crippen molar-refractivity contribution in [3.05, 3.63) is 64.8 Å². The van der Waals surface area contributed by atoms with Gasteiger partial charge in [0.05, 0.1) is 6.04 Å². The van der Waals surface area contributed by atoms with Crippen LogP contribution in [0, 0.1) is 0 Å². The maximum absolute atomic E-state index is 12.7. The summed E-state index contributed by atoms with van der Waals surface area (Å²) < 4.78 is 0. The monoisotopic (exact) mass is 374 g/mol. The predicted molar refractivity (Wildman–Crippen MR) is 113 cm³/mol. The van der Waals surface area contributed by atoms with E-state index in [9.17, 15) is 4.79 Å². The van der Waals surface area contributed by atoms with Gasteiger partial charge in [0, 0.05) is 46.5 Å². The summed E-state index contributed by atoms with van der Waals surface area (Å²) in [5.74, 6) is 0.0143. The Kier molecular flexibility index (Phi) is 4.32. The summed E-state index contributed by atoms with van der Waals surface area (Å²) in [7, 11) is 0. The first-order valence-electron chi connectivity index (χ1n) is 10.2. The van der Waals surface area contributed by atoms with Gasteiger partial charge in [-0.25, -0.2) is 0 Å². The van der Waals surface area contributed by atoms with Crippen LogP contribution in [-0.4, -0.2) is 35.4 Å². The van der Waals surface area contributed by atoms with E-state index in [1.165, 1.54) is 29.5 Å². The molecule has 28 heavy (non-hydrogen) atoms. The van der Waals surface area contributed by atoms with E-state index in [1.807, 2.05) is 12.1 Å². The number of H-pyrrole nitrogens is 1. The molecule has 1 aromatic heterocycles. The number of hydrogen-bond donors (Lipinski definition) is 3. The number of carbonyl (C=O) groups is 1. The van der Waals surface area contributed by atoms with E-state index >= 15 is 0 Å². The molecule has 1 saturated heterocycles. The Morgan fingerprint density at radius 3 is 2.79 bits per heavy atom. The second kappa shape index (κ2) is 6.99. The molecule has 3 N–H and O–H groups in total. The van der Waals surface area contributed by atoms with Crippen molar-refractivity contribution < 1.29 is 4.79 Å². The van der Waals surface area contributed by atoms with Gasteiger partial charge in [-0.2, -0.15) is 0 Å². The Morgan fingerprint density at radius 1 is 1.14 bits per heavy atom. The largest absolute Gasteiger partial charge is 0.385 e. The zero-order valence-electron chi connectivity index (χ0n) is 16.2. The number of likely N-dealkylation sites (tertiary alicyclic amines) is 1. The fraction of sp³-hybridized carbons (Fsp3) is 0.348. The number of amides is 1. The number of fused-ring (bicyclic) bond motifs is 2. The Labute approximate surface area is 165 Å². The lowest BCUT2D eigenvalue weighted by Crippen LogP contribution is -2.23. The molecular formula is C23H26N4O. The Morgan fingerprint density at radius 2 is 1.96 bits per heavy atom. The minimum absolute atomic E-state index is 0.0143. The summed E-state index contributed by atoms with van der Waals surface area (Å²) in [5.41, 5.74) is 6.47. The lowest BCUT2D eigenvalue weighted by molar-refractivity contribution is 0.0960. The Hall–Kier alpha value is -2.79. The molecule has 0 spiro atoms. The second-order valence-electron chi connectivity index (χ2n) is 7.78. The van der Waals surface area contributed by atoms with E-state index in [4.69, 9.17) is 0 Å². The summed E-state index contributed by atoms with van der Waals surface area (Å²) >= 11 is 0. The van der Waals surface area contributed by atoms with Crippen molar-refractivity contribution in [1.82, 2.24) is 15.2 Å². The molecule has 0 bridgehead atoms. The van der Waals surface area contributed by atoms with E-state index in [2.05, 4.69) is 57.8 Å². The van der Waals surface area contributed by atoms with E-state index in [0.29, 0.717) is 0 Å². The quantitative estimate of drug-likeness (QED) is 0.632. The Balaban J connectivity index is 1.63. The fourth-order valence-electron chi connectivity index (χ4n) is 4.67. The highest BCUT2D eigenvalue weighted by Crippen LogP contribution is 2.38. The average Bonchev–Trinajstić information content (AvgIpc) is 3.40. The van der Waals surface area contributed by atoms with Crippen LogP contribution in [-0.2, 0) is 6.54 Å². The zero-order valence-corrected chi connectivity index (χ0v) is 16.2. The minimum Gasteiger partial charge on any atom is -0.385 e. The van der Waals surface area contributed by atoms with Crippen LogP contribution in [0.2, 0.25) is 0 Å². The molecule has 1 atom stereocenters. The number of aromatic nitrogens is 1. The standard InChI is InChI=1S/C23H26N4O/c1-2-24-15-9-10-16-18(13-15)22(26-23(16)28)21-17-7-3-4-8-19(17)25-20(21)14-27-11-5-6-12-27/h3-4,7-10,13,22,24-25H,2,5-6,11-12,14H2,1H3,(H,26,28). The van der Waals surface area contributed by atoms with Crippen LogP contribution in [0.15, 0.2) is 42.5 Å². The molecule has 1 fully saturated rings. The number of carbonyl (C=O) groups excluding carboxylic acids is 1. The predicted octanol–water partition coefficient (Wildman–Crippen LogP) is 4.03. The molecule has 2 aliphatic rings. The van der Waals surface area contributed by atoms with Gasteiger partial charge < -0.3 is 15.6 Å². The summed E-state index contributed by atoms with van der Waals surface area (Å²) in [6, 6.07) is 14.4. The maximum atomic E-state index is 12.7. The van der Waals surface area contributed by atoms with Crippen molar-refractivity contribution >= 4 is 22.5 Å². The third kappa shape index (κ3) is 2.87. The Bertz CT molecular complexity index is 1030. The molecule has 0 aliphatic carbocycles. The van der Waals surface area contributed by atoms with Crippen molar-refractivity contribution in [3.8, 4) is 0 Å². The number of para-hydroxylation sites is 1. The fourth-order valence-corrected chi connectivity index (χ4v) is 4.67. The second-order valence-corrected chi connectivity index (χ2v) is 7.78. The van der Waals surface area contributed by atoms with Gasteiger partial charge in [-0.1, -0.05) is 18.2 Å². The van der Waals surface area contributed by atoms with E-state index in [-0.39, 0.29) is 11.9 Å². The van der Waals surface area contributed by atoms with Crippen molar-refractivity contribution in [2.75, 3.05) is 25.0 Å². The summed E-state index contributed by atoms with van der Waals surface area (Å²) in [6.07, 6.45) is 2.54. The molecule has 5 heteroatoms. The van der Waals surface area contributed by atoms with Crippen molar-refractivity contribution in [2.45, 2.75) is 32.4 Å². The molecule has 0 radical (unpaired) electrons. The number of hydrogen-bond acceptors (Lipinski definition) is 3. The van der Waals surface area contributed by atoms with E-state index in [1.54, 1.807) is 0 Å². The highest BCUT2D eigenvalue weighted by molar-refractivity contribution is 6.01. The summed E-state index contributed by atoms with van der Waals surface area (Å²) in [4.78, 5) is 18.8. The number of anilines is 1. The highest BCUT2D eigenvalue weighted by atomic mass is 16.2. The van der Waals surface area contributed by atoms with Crippen LogP contribution in [0.4, 0.5) is 5.69 Å². The summed E-state index contributed by atoms with van der Waals surface area (Å²) in [6.45, 7) is 6.14. The lowest BCUT2D eigenvalue weighted by Gasteiger charge is -2.19. The lowest BCUT2D eigenvalue weighted by atomic mass is 9.95. The molecule has 144 valence electrons. The van der Waals surface area contributed by atoms with Gasteiger partial charge in [-0.05, 0) is 62.7 Å². The van der Waals surface area contributed by atoms with Gasteiger partial charge in [0.15, 0.2) is 0 Å².